The van der Waals surface area contributed by atoms with Crippen molar-refractivity contribution in [3.05, 3.63) is 64.7 Å². The van der Waals surface area contributed by atoms with Gasteiger partial charge in [0.15, 0.2) is 9.84 Å². The largest absolute Gasteiger partial charge is 0.469 e. The fraction of sp³-hybridized carbons (Fsp3) is 0.391. The molecule has 0 bridgehead atoms. The average molecular weight is 445 g/mol. The molecule has 0 aromatic heterocycles. The lowest BCUT2D eigenvalue weighted by Gasteiger charge is -2.19. The first kappa shape index (κ1) is 23.0. The fourth-order valence-corrected chi connectivity index (χ4v) is 4.65. The van der Waals surface area contributed by atoms with Crippen molar-refractivity contribution in [2.75, 3.05) is 12.9 Å². The summed E-state index contributed by atoms with van der Waals surface area (Å²) in [5.41, 5.74) is 3.44. The second kappa shape index (κ2) is 9.62. The first-order valence-corrected chi connectivity index (χ1v) is 12.0. The monoisotopic (exact) mass is 444 g/mol. The molecule has 2 aromatic rings. The van der Waals surface area contributed by atoms with E-state index in [1.165, 1.54) is 24.8 Å². The maximum absolute atomic E-state index is 12.9. The van der Waals surface area contributed by atoms with Crippen LogP contribution in [0.5, 0.6) is 0 Å². The zero-order valence-corrected chi connectivity index (χ0v) is 18.8. The molecule has 1 unspecified atom stereocenters. The van der Waals surface area contributed by atoms with Crippen LogP contribution in [-0.4, -0.2) is 33.2 Å². The van der Waals surface area contributed by atoms with Gasteiger partial charge in [0.2, 0.25) is 0 Å². The number of hydrogen-bond donors (Lipinski definition) is 2. The summed E-state index contributed by atoms with van der Waals surface area (Å²) in [6, 6.07) is 11.5. The Morgan fingerprint density at radius 2 is 1.87 bits per heavy atom. The molecule has 166 valence electrons. The normalized spacial score (nSPS) is 16.4. The molecule has 1 aliphatic heterocycles. The van der Waals surface area contributed by atoms with E-state index >= 15 is 0 Å². The number of hydrogen-bond acceptors (Lipinski definition) is 6. The lowest BCUT2D eigenvalue weighted by Crippen LogP contribution is -2.30. The van der Waals surface area contributed by atoms with Crippen LogP contribution in [0.3, 0.4) is 0 Å². The van der Waals surface area contributed by atoms with Crippen LogP contribution in [0, 0.1) is 0 Å². The maximum Gasteiger partial charge on any atom is 0.307 e. The van der Waals surface area contributed by atoms with E-state index in [2.05, 4.69) is 17.6 Å². The van der Waals surface area contributed by atoms with Gasteiger partial charge >= 0.3 is 5.97 Å². The van der Waals surface area contributed by atoms with Crippen molar-refractivity contribution >= 4 is 21.7 Å². The van der Waals surface area contributed by atoms with Gasteiger partial charge in [0.05, 0.1) is 30.2 Å². The number of sulfone groups is 1. The number of nitrogens with one attached hydrogen (secondary N) is 2. The Kier molecular flexibility index (Phi) is 7.12. The van der Waals surface area contributed by atoms with Gasteiger partial charge in [0.25, 0.3) is 5.91 Å². The second-order valence-electron chi connectivity index (χ2n) is 7.53. The molecule has 7 nitrogen and oxygen atoms in total. The van der Waals surface area contributed by atoms with Gasteiger partial charge in [0, 0.05) is 18.2 Å². The van der Waals surface area contributed by atoms with Gasteiger partial charge in [-0.25, -0.2) is 8.42 Å². The van der Waals surface area contributed by atoms with E-state index in [1.807, 2.05) is 12.1 Å². The van der Waals surface area contributed by atoms with Crippen LogP contribution in [0.15, 0.2) is 47.4 Å². The fourth-order valence-electron chi connectivity index (χ4n) is 3.77. The van der Waals surface area contributed by atoms with Gasteiger partial charge in [-0.2, -0.15) is 0 Å². The number of carbonyl (C=O) groups is 2. The van der Waals surface area contributed by atoms with Crippen molar-refractivity contribution < 1.29 is 22.7 Å². The van der Waals surface area contributed by atoms with E-state index < -0.39 is 21.8 Å². The van der Waals surface area contributed by atoms with E-state index in [0.29, 0.717) is 23.7 Å². The second-order valence-corrected chi connectivity index (χ2v) is 9.81. The quantitative estimate of drug-likeness (QED) is 0.607. The van der Waals surface area contributed by atoms with Crippen molar-refractivity contribution in [2.24, 2.45) is 0 Å². The lowest BCUT2D eigenvalue weighted by atomic mass is 9.99. The van der Waals surface area contributed by atoms with Crippen LogP contribution in [0.25, 0.3) is 0 Å². The van der Waals surface area contributed by atoms with E-state index in [1.54, 1.807) is 25.1 Å². The van der Waals surface area contributed by atoms with Crippen molar-refractivity contribution in [1.29, 1.82) is 0 Å². The molecule has 8 heteroatoms. The third-order valence-electron chi connectivity index (χ3n) is 5.65. The highest BCUT2D eigenvalue weighted by Crippen LogP contribution is 2.28. The minimum absolute atomic E-state index is 0.000740. The van der Waals surface area contributed by atoms with Crippen LogP contribution in [-0.2, 0) is 25.9 Å². The Morgan fingerprint density at radius 3 is 2.48 bits per heavy atom. The summed E-state index contributed by atoms with van der Waals surface area (Å²) in [5.74, 6) is -0.776. The molecule has 0 radical (unpaired) electrons. The zero-order chi connectivity index (χ0) is 22.6. The average Bonchev–Trinajstić information content (AvgIpc) is 3.20. The highest BCUT2D eigenvalue weighted by Gasteiger charge is 2.24. The minimum atomic E-state index is -3.33. The van der Waals surface area contributed by atoms with E-state index in [9.17, 15) is 18.0 Å². The number of methoxy groups -OCH3 is 1. The molecule has 1 aliphatic rings. The van der Waals surface area contributed by atoms with E-state index in [4.69, 9.17) is 4.74 Å². The summed E-state index contributed by atoms with van der Waals surface area (Å²) in [6.07, 6.45) is 0.913. The molecule has 0 spiro atoms. The molecule has 0 saturated heterocycles. The molecule has 2 aromatic carbocycles. The predicted molar refractivity (Wildman–Crippen MR) is 117 cm³/mol. The summed E-state index contributed by atoms with van der Waals surface area (Å²) in [4.78, 5) is 25.1. The SMILES string of the molecule is CC[C@@H]1NCc2cc(C(=O)NC(CC(=O)OC)c3ccc(S(=O)(=O)CC)cc3)ccc21. The molecular formula is C23H28N2O5S. The third kappa shape index (κ3) is 5.14. The van der Waals surface area contributed by atoms with Gasteiger partial charge in [-0.15, -0.1) is 0 Å². The van der Waals surface area contributed by atoms with Crippen LogP contribution < -0.4 is 10.6 Å². The molecule has 0 fully saturated rings. The number of benzene rings is 2. The van der Waals surface area contributed by atoms with Crippen LogP contribution in [0.1, 0.15) is 65.8 Å². The Morgan fingerprint density at radius 1 is 1.16 bits per heavy atom. The van der Waals surface area contributed by atoms with Crippen molar-refractivity contribution in [1.82, 2.24) is 10.6 Å². The smallest absolute Gasteiger partial charge is 0.307 e. The van der Waals surface area contributed by atoms with Crippen molar-refractivity contribution in [2.45, 2.75) is 50.2 Å². The summed E-state index contributed by atoms with van der Waals surface area (Å²) in [5, 5.41) is 6.31. The molecule has 1 heterocycles. The molecular weight excluding hydrogens is 416 g/mol. The number of esters is 1. The van der Waals surface area contributed by atoms with Gasteiger partial charge in [-0.3, -0.25) is 9.59 Å². The first-order valence-electron chi connectivity index (χ1n) is 10.4. The number of fused-ring (bicyclic) bond motifs is 1. The summed E-state index contributed by atoms with van der Waals surface area (Å²) in [6.45, 7) is 4.41. The third-order valence-corrected chi connectivity index (χ3v) is 7.40. The number of amides is 1. The molecule has 2 N–H and O–H groups in total. The van der Waals surface area contributed by atoms with Gasteiger partial charge in [-0.05, 0) is 47.4 Å². The number of rotatable bonds is 8. The standard InChI is InChI=1S/C23H28N2O5S/c1-4-20-19-11-8-16(12-17(19)14-24-20)23(27)25-21(13-22(26)30-3)15-6-9-18(10-7-15)31(28,29)5-2/h6-12,20-21,24H,4-5,13-14H2,1-3H3,(H,25,27)/t20-,21?/m0/s1. The first-order chi connectivity index (χ1) is 14.8. The molecule has 2 atom stereocenters. The topological polar surface area (TPSA) is 102 Å². The molecule has 0 saturated carbocycles. The number of carbonyl (C=O) groups excluding carboxylic acids is 2. The minimum Gasteiger partial charge on any atom is -0.469 e. The predicted octanol–water partition coefficient (Wildman–Crippen LogP) is 3.07. The van der Waals surface area contributed by atoms with E-state index in [-0.39, 0.29) is 23.0 Å². The molecule has 31 heavy (non-hydrogen) atoms. The number of ether oxygens (including phenoxy) is 1. The highest BCUT2D eigenvalue weighted by atomic mass is 32.2. The summed E-state index contributed by atoms with van der Waals surface area (Å²) in [7, 11) is -2.04. The molecule has 0 aliphatic carbocycles. The Balaban J connectivity index is 1.83. The van der Waals surface area contributed by atoms with Crippen LogP contribution in [0.2, 0.25) is 0 Å². The summed E-state index contributed by atoms with van der Waals surface area (Å²) < 4.78 is 28.9. The Bertz CT molecular complexity index is 1060. The highest BCUT2D eigenvalue weighted by molar-refractivity contribution is 7.91. The van der Waals surface area contributed by atoms with Crippen molar-refractivity contribution in [3.63, 3.8) is 0 Å². The molecule has 1 amide bonds. The van der Waals surface area contributed by atoms with Crippen LogP contribution >= 0.6 is 0 Å². The maximum atomic E-state index is 12.9. The van der Waals surface area contributed by atoms with Crippen molar-refractivity contribution in [3.8, 4) is 0 Å². The Hall–Kier alpha value is -2.71. The van der Waals surface area contributed by atoms with Crippen LogP contribution in [0.4, 0.5) is 0 Å². The zero-order valence-electron chi connectivity index (χ0n) is 18.0. The van der Waals surface area contributed by atoms with Gasteiger partial charge < -0.3 is 15.4 Å². The Labute approximate surface area is 183 Å². The molecule has 3 rings (SSSR count). The summed E-state index contributed by atoms with van der Waals surface area (Å²) >= 11 is 0. The lowest BCUT2D eigenvalue weighted by molar-refractivity contribution is -0.141. The van der Waals surface area contributed by atoms with E-state index in [0.717, 1.165) is 12.0 Å². The van der Waals surface area contributed by atoms with Gasteiger partial charge in [0.1, 0.15) is 0 Å². The van der Waals surface area contributed by atoms with Gasteiger partial charge in [-0.1, -0.05) is 32.0 Å².